The maximum atomic E-state index is 5.42. The second-order valence-electron chi connectivity index (χ2n) is 13.1. The Morgan fingerprint density at radius 1 is 0.365 bits per heavy atom. The normalized spacial score (nSPS) is 11.5. The molecule has 0 bridgehead atoms. The number of aromatic nitrogens is 4. The Balaban J connectivity index is 1.15. The SMILES string of the molecule is c1ccc(-c2cc(-c3ccccc3)cc(-c3ccc(-c4nc5c(-n6c7ccccc7c7ccccc76)ccnc5n4-c4ccccc4)cc3)c2)cc1. The highest BCUT2D eigenvalue weighted by Gasteiger charge is 2.21. The van der Waals surface area contributed by atoms with Crippen LogP contribution in [0.2, 0.25) is 0 Å². The molecule has 52 heavy (non-hydrogen) atoms. The molecule has 0 aliphatic rings. The van der Waals surface area contributed by atoms with Crippen molar-refractivity contribution in [3.8, 4) is 56.1 Å². The van der Waals surface area contributed by atoms with Gasteiger partial charge in [0.15, 0.2) is 5.65 Å². The van der Waals surface area contributed by atoms with Crippen molar-refractivity contribution in [3.05, 3.63) is 194 Å². The van der Waals surface area contributed by atoms with Gasteiger partial charge in [0, 0.05) is 28.2 Å². The molecule has 3 heterocycles. The number of benzene rings is 7. The van der Waals surface area contributed by atoms with Crippen molar-refractivity contribution in [1.29, 1.82) is 0 Å². The second kappa shape index (κ2) is 12.4. The number of hydrogen-bond donors (Lipinski definition) is 0. The molecule has 0 N–H and O–H groups in total. The summed E-state index contributed by atoms with van der Waals surface area (Å²) in [6.07, 6.45) is 1.90. The van der Waals surface area contributed by atoms with Crippen LogP contribution >= 0.6 is 0 Å². The average Bonchev–Trinajstić information content (AvgIpc) is 3.78. The van der Waals surface area contributed by atoms with Gasteiger partial charge in [-0.05, 0) is 81.9 Å². The summed E-state index contributed by atoms with van der Waals surface area (Å²) < 4.78 is 4.51. The summed E-state index contributed by atoms with van der Waals surface area (Å²) in [5.74, 6) is 0.844. The summed E-state index contributed by atoms with van der Waals surface area (Å²) in [6.45, 7) is 0. The molecule has 10 aromatic rings. The smallest absolute Gasteiger partial charge is 0.167 e. The summed E-state index contributed by atoms with van der Waals surface area (Å²) in [5, 5.41) is 2.43. The van der Waals surface area contributed by atoms with E-state index in [9.17, 15) is 0 Å². The number of hydrogen-bond acceptors (Lipinski definition) is 2. The van der Waals surface area contributed by atoms with Gasteiger partial charge in [-0.3, -0.25) is 4.57 Å². The standard InChI is InChI=1S/C48H32N4/c1-4-14-33(15-5-1)37-30-38(34-16-6-2-7-17-34)32-39(31-37)35-24-26-36(27-25-35)47-50-46-45(28-29-49-48(46)51(47)40-18-8-3-9-19-40)52-43-22-12-10-20-41(43)42-21-11-13-23-44(42)52/h1-32H. The van der Waals surface area contributed by atoms with Gasteiger partial charge >= 0.3 is 0 Å². The third kappa shape index (κ3) is 5.00. The molecule has 0 aliphatic heterocycles. The molecule has 244 valence electrons. The van der Waals surface area contributed by atoms with Gasteiger partial charge in [-0.25, -0.2) is 9.97 Å². The third-order valence-corrected chi connectivity index (χ3v) is 9.98. The number of pyridine rings is 1. The Kier molecular flexibility index (Phi) is 7.10. The summed E-state index contributed by atoms with van der Waals surface area (Å²) in [4.78, 5) is 10.4. The van der Waals surface area contributed by atoms with E-state index in [0.29, 0.717) is 0 Å². The molecule has 0 atom stereocenters. The average molecular weight is 665 g/mol. The van der Waals surface area contributed by atoms with Crippen molar-refractivity contribution >= 4 is 33.0 Å². The summed E-state index contributed by atoms with van der Waals surface area (Å²) >= 11 is 0. The molecule has 0 saturated heterocycles. The van der Waals surface area contributed by atoms with E-state index < -0.39 is 0 Å². The number of rotatable bonds is 6. The molecule has 4 nitrogen and oxygen atoms in total. The monoisotopic (exact) mass is 664 g/mol. The molecular formula is C48H32N4. The fourth-order valence-electron chi connectivity index (χ4n) is 7.54. The number of para-hydroxylation sites is 3. The zero-order valence-corrected chi connectivity index (χ0v) is 28.3. The van der Waals surface area contributed by atoms with Gasteiger partial charge in [-0.2, -0.15) is 0 Å². The van der Waals surface area contributed by atoms with Crippen molar-refractivity contribution in [1.82, 2.24) is 19.1 Å². The lowest BCUT2D eigenvalue weighted by Crippen LogP contribution is -1.99. The van der Waals surface area contributed by atoms with Gasteiger partial charge < -0.3 is 4.57 Å². The van der Waals surface area contributed by atoms with Crippen molar-refractivity contribution in [3.63, 3.8) is 0 Å². The van der Waals surface area contributed by atoms with Gasteiger partial charge in [0.25, 0.3) is 0 Å². The van der Waals surface area contributed by atoms with Crippen molar-refractivity contribution in [2.45, 2.75) is 0 Å². The molecule has 4 heteroatoms. The summed E-state index contributed by atoms with van der Waals surface area (Å²) in [5.41, 5.74) is 14.1. The number of nitrogens with zero attached hydrogens (tertiary/aromatic N) is 4. The van der Waals surface area contributed by atoms with E-state index >= 15 is 0 Å². The van der Waals surface area contributed by atoms with Crippen LogP contribution in [-0.2, 0) is 0 Å². The lowest BCUT2D eigenvalue weighted by Gasteiger charge is -2.12. The zero-order chi connectivity index (χ0) is 34.4. The number of fused-ring (bicyclic) bond motifs is 4. The highest BCUT2D eigenvalue weighted by Crippen LogP contribution is 2.38. The van der Waals surface area contributed by atoms with Gasteiger partial charge in [-0.1, -0.05) is 140 Å². The lowest BCUT2D eigenvalue weighted by molar-refractivity contribution is 1.08. The van der Waals surface area contributed by atoms with E-state index in [-0.39, 0.29) is 0 Å². The van der Waals surface area contributed by atoms with Crippen LogP contribution in [0.5, 0.6) is 0 Å². The largest absolute Gasteiger partial charge is 0.307 e. The fourth-order valence-corrected chi connectivity index (χ4v) is 7.54. The molecular weight excluding hydrogens is 633 g/mol. The zero-order valence-electron chi connectivity index (χ0n) is 28.3. The van der Waals surface area contributed by atoms with Crippen LogP contribution in [0.3, 0.4) is 0 Å². The molecule has 7 aromatic carbocycles. The van der Waals surface area contributed by atoms with Gasteiger partial charge in [0.1, 0.15) is 11.3 Å². The first-order valence-corrected chi connectivity index (χ1v) is 17.6. The van der Waals surface area contributed by atoms with Crippen LogP contribution in [0.25, 0.3) is 89.1 Å². The van der Waals surface area contributed by atoms with E-state index in [2.05, 4.69) is 191 Å². The maximum absolute atomic E-state index is 5.42. The Bertz CT molecular complexity index is 2760. The summed E-state index contributed by atoms with van der Waals surface area (Å²) in [6, 6.07) is 66.5. The van der Waals surface area contributed by atoms with Crippen LogP contribution in [0, 0.1) is 0 Å². The Morgan fingerprint density at radius 2 is 0.827 bits per heavy atom. The van der Waals surface area contributed by atoms with Gasteiger partial charge in [-0.15, -0.1) is 0 Å². The highest BCUT2D eigenvalue weighted by molar-refractivity contribution is 6.10. The number of imidazole rings is 1. The van der Waals surface area contributed by atoms with E-state index in [0.717, 1.165) is 50.5 Å². The minimum atomic E-state index is 0.813. The summed E-state index contributed by atoms with van der Waals surface area (Å²) in [7, 11) is 0. The molecule has 0 amide bonds. The Labute approximate surface area is 301 Å². The van der Waals surface area contributed by atoms with Gasteiger partial charge in [0.2, 0.25) is 0 Å². The first kappa shape index (κ1) is 29.8. The molecule has 0 unspecified atom stereocenters. The van der Waals surface area contributed by atoms with Crippen molar-refractivity contribution < 1.29 is 0 Å². The van der Waals surface area contributed by atoms with Crippen LogP contribution in [0.15, 0.2) is 194 Å². The molecule has 0 fully saturated rings. The Morgan fingerprint density at radius 3 is 1.38 bits per heavy atom. The van der Waals surface area contributed by atoms with Crippen LogP contribution in [0.1, 0.15) is 0 Å². The molecule has 0 radical (unpaired) electrons. The minimum Gasteiger partial charge on any atom is -0.307 e. The molecule has 0 saturated carbocycles. The Hall–Kier alpha value is -7.04. The van der Waals surface area contributed by atoms with Crippen molar-refractivity contribution in [2.75, 3.05) is 0 Å². The maximum Gasteiger partial charge on any atom is 0.167 e. The molecule has 10 rings (SSSR count). The minimum absolute atomic E-state index is 0.813. The van der Waals surface area contributed by atoms with Gasteiger partial charge in [0.05, 0.1) is 16.7 Å². The third-order valence-electron chi connectivity index (χ3n) is 9.98. The highest BCUT2D eigenvalue weighted by atomic mass is 15.1. The lowest BCUT2D eigenvalue weighted by atomic mass is 9.93. The second-order valence-corrected chi connectivity index (χ2v) is 13.1. The van der Waals surface area contributed by atoms with Crippen LogP contribution in [-0.4, -0.2) is 19.1 Å². The molecule has 0 aliphatic carbocycles. The van der Waals surface area contributed by atoms with E-state index in [1.54, 1.807) is 0 Å². The van der Waals surface area contributed by atoms with E-state index in [1.807, 2.05) is 12.3 Å². The predicted molar refractivity (Wildman–Crippen MR) is 215 cm³/mol. The quantitative estimate of drug-likeness (QED) is 0.177. The molecule has 0 spiro atoms. The first-order chi connectivity index (χ1) is 25.8. The van der Waals surface area contributed by atoms with E-state index in [4.69, 9.17) is 9.97 Å². The van der Waals surface area contributed by atoms with E-state index in [1.165, 1.54) is 38.6 Å². The van der Waals surface area contributed by atoms with Crippen LogP contribution < -0.4 is 0 Å². The van der Waals surface area contributed by atoms with Crippen LogP contribution in [0.4, 0.5) is 0 Å². The van der Waals surface area contributed by atoms with Crippen molar-refractivity contribution in [2.24, 2.45) is 0 Å². The predicted octanol–water partition coefficient (Wildman–Crippen LogP) is 12.2. The fraction of sp³-hybridized carbons (Fsp3) is 0. The molecule has 3 aromatic heterocycles. The topological polar surface area (TPSA) is 35.6 Å². The first-order valence-electron chi connectivity index (χ1n) is 17.6.